The Kier molecular flexibility index (Phi) is 5.83. The summed E-state index contributed by atoms with van der Waals surface area (Å²) in [6, 6.07) is 11.9. The van der Waals surface area contributed by atoms with Gasteiger partial charge < -0.3 is 10.2 Å². The molecule has 0 spiro atoms. The van der Waals surface area contributed by atoms with Crippen molar-refractivity contribution >= 4 is 28.7 Å². The third-order valence-electron chi connectivity index (χ3n) is 4.24. The third kappa shape index (κ3) is 4.79. The van der Waals surface area contributed by atoms with E-state index < -0.39 is 0 Å². The van der Waals surface area contributed by atoms with Crippen molar-refractivity contribution in [3.63, 3.8) is 0 Å². The number of thiophene rings is 1. The van der Waals surface area contributed by atoms with Crippen LogP contribution >= 0.6 is 11.3 Å². The first kappa shape index (κ1) is 18.3. The Morgan fingerprint density at radius 1 is 1.15 bits per heavy atom. The molecule has 2 heterocycles. The van der Waals surface area contributed by atoms with Gasteiger partial charge in [-0.15, -0.1) is 11.3 Å². The van der Waals surface area contributed by atoms with Crippen LogP contribution in [-0.2, 0) is 9.63 Å². The van der Waals surface area contributed by atoms with Crippen molar-refractivity contribution in [2.75, 3.05) is 6.54 Å². The number of hydrogen-bond donors (Lipinski definition) is 1. The smallest absolute Gasteiger partial charge is 0.220 e. The van der Waals surface area contributed by atoms with Crippen LogP contribution in [0.25, 0.3) is 0 Å². The Balaban J connectivity index is 1.39. The van der Waals surface area contributed by atoms with Gasteiger partial charge in [0.2, 0.25) is 5.91 Å². The van der Waals surface area contributed by atoms with E-state index in [2.05, 4.69) is 10.5 Å². The topological polar surface area (TPSA) is 67.8 Å². The van der Waals surface area contributed by atoms with Crippen molar-refractivity contribution < 1.29 is 14.4 Å². The van der Waals surface area contributed by atoms with Crippen LogP contribution in [-0.4, -0.2) is 30.1 Å². The number of aryl methyl sites for hydroxylation is 2. The van der Waals surface area contributed by atoms with Crippen LogP contribution in [0, 0.1) is 13.8 Å². The lowest BCUT2D eigenvalue weighted by Gasteiger charge is -2.09. The van der Waals surface area contributed by atoms with Gasteiger partial charge in [-0.3, -0.25) is 9.59 Å². The van der Waals surface area contributed by atoms with E-state index in [0.29, 0.717) is 17.8 Å². The van der Waals surface area contributed by atoms with E-state index in [4.69, 9.17) is 4.84 Å². The molecule has 26 heavy (non-hydrogen) atoms. The maximum atomic E-state index is 12.0. The number of Topliss-reactive ketones (excluding diaryl/α,β-unsaturated/α-hetero) is 1. The van der Waals surface area contributed by atoms with Gasteiger partial charge in [0, 0.05) is 24.1 Å². The molecule has 0 saturated carbocycles. The lowest BCUT2D eigenvalue weighted by molar-refractivity contribution is -0.121. The molecule has 6 heteroatoms. The number of carbonyl (C=O) groups excluding carboxylic acids is 2. The van der Waals surface area contributed by atoms with Crippen molar-refractivity contribution in [1.82, 2.24) is 5.32 Å². The number of hydrogen-bond acceptors (Lipinski definition) is 5. The number of carbonyl (C=O) groups is 2. The second kappa shape index (κ2) is 8.27. The zero-order valence-corrected chi connectivity index (χ0v) is 15.8. The number of nitrogens with zero attached hydrogens (tertiary/aromatic N) is 1. The molecule has 3 rings (SSSR count). The number of nitrogens with one attached hydrogen (secondary N) is 1. The summed E-state index contributed by atoms with van der Waals surface area (Å²) in [6.45, 7) is 4.39. The molecule has 0 unspecified atom stereocenters. The molecule has 1 aromatic carbocycles. The zero-order valence-electron chi connectivity index (χ0n) is 15.0. The van der Waals surface area contributed by atoms with Crippen LogP contribution in [0.2, 0.25) is 0 Å². The number of rotatable bonds is 7. The van der Waals surface area contributed by atoms with Crippen LogP contribution in [0.3, 0.4) is 0 Å². The molecule has 1 aromatic heterocycles. The molecule has 1 N–H and O–H groups in total. The highest BCUT2D eigenvalue weighted by Crippen LogP contribution is 2.18. The first-order valence-electron chi connectivity index (χ1n) is 8.67. The molecule has 1 aliphatic rings. The lowest BCUT2D eigenvalue weighted by Crippen LogP contribution is -2.32. The summed E-state index contributed by atoms with van der Waals surface area (Å²) < 4.78 is 0. The average Bonchev–Trinajstić information content (AvgIpc) is 3.27. The Hall–Kier alpha value is -2.47. The van der Waals surface area contributed by atoms with Gasteiger partial charge >= 0.3 is 0 Å². The first-order chi connectivity index (χ1) is 12.5. The molecule has 0 fully saturated rings. The minimum absolute atomic E-state index is 0.0142. The molecule has 0 bridgehead atoms. The Bertz CT molecular complexity index is 824. The molecule has 0 radical (unpaired) electrons. The van der Waals surface area contributed by atoms with Crippen molar-refractivity contribution in [3.05, 3.63) is 57.3 Å². The van der Waals surface area contributed by atoms with Crippen molar-refractivity contribution in [1.29, 1.82) is 0 Å². The first-order valence-corrected chi connectivity index (χ1v) is 9.49. The highest BCUT2D eigenvalue weighted by Gasteiger charge is 2.22. The normalized spacial score (nSPS) is 16.1. The second-order valence-corrected chi connectivity index (χ2v) is 7.76. The fourth-order valence-corrected chi connectivity index (χ4v) is 3.54. The molecule has 0 aliphatic carbocycles. The molecule has 2 aromatic rings. The minimum Gasteiger partial charge on any atom is -0.390 e. The van der Waals surface area contributed by atoms with E-state index in [9.17, 15) is 9.59 Å². The van der Waals surface area contributed by atoms with Crippen LogP contribution in [0.1, 0.15) is 44.9 Å². The van der Waals surface area contributed by atoms with Gasteiger partial charge in [-0.2, -0.15) is 0 Å². The monoisotopic (exact) mass is 370 g/mol. The van der Waals surface area contributed by atoms with E-state index in [0.717, 1.165) is 16.2 Å². The maximum Gasteiger partial charge on any atom is 0.220 e. The van der Waals surface area contributed by atoms with Crippen LogP contribution in [0.5, 0.6) is 0 Å². The Labute approximate surface area is 157 Å². The summed E-state index contributed by atoms with van der Waals surface area (Å²) in [7, 11) is 0. The van der Waals surface area contributed by atoms with E-state index >= 15 is 0 Å². The molecule has 1 atom stereocenters. The predicted molar refractivity (Wildman–Crippen MR) is 103 cm³/mol. The van der Waals surface area contributed by atoms with E-state index in [-0.39, 0.29) is 30.6 Å². The number of oxime groups is 1. The van der Waals surface area contributed by atoms with Gasteiger partial charge in [0.15, 0.2) is 5.78 Å². The number of ketones is 1. The highest BCUT2D eigenvalue weighted by atomic mass is 32.1. The Morgan fingerprint density at radius 2 is 1.92 bits per heavy atom. The fourth-order valence-electron chi connectivity index (χ4n) is 2.70. The van der Waals surface area contributed by atoms with E-state index in [1.165, 1.54) is 16.9 Å². The summed E-state index contributed by atoms with van der Waals surface area (Å²) in [5, 5.41) is 6.96. The number of benzene rings is 1. The molecule has 1 aliphatic heterocycles. The van der Waals surface area contributed by atoms with Gasteiger partial charge in [0.25, 0.3) is 0 Å². The van der Waals surface area contributed by atoms with Crippen LogP contribution < -0.4 is 5.32 Å². The summed E-state index contributed by atoms with van der Waals surface area (Å²) in [6.07, 6.45) is 0.916. The lowest BCUT2D eigenvalue weighted by atomic mass is 10.0. The van der Waals surface area contributed by atoms with Gasteiger partial charge in [-0.05, 0) is 31.5 Å². The quantitative estimate of drug-likeness (QED) is 0.757. The summed E-state index contributed by atoms with van der Waals surface area (Å²) in [4.78, 5) is 31.2. The van der Waals surface area contributed by atoms with Crippen molar-refractivity contribution in [2.45, 2.75) is 39.2 Å². The molecular weight excluding hydrogens is 348 g/mol. The van der Waals surface area contributed by atoms with Crippen molar-refractivity contribution in [3.8, 4) is 0 Å². The molecular formula is C20H22N2O3S. The standard InChI is InChI=1S/C20H22N2O3S/c1-13-3-6-15(7-4-13)17-11-16(25-22-17)12-21-20(24)10-8-18(23)19-9-5-14(2)26-19/h3-7,9,16H,8,10-12H2,1-2H3,(H,21,24)/t16-/m1/s1. The van der Waals surface area contributed by atoms with E-state index in [1.54, 1.807) is 0 Å². The number of amides is 1. The molecule has 1 amide bonds. The SMILES string of the molecule is Cc1ccc(C2=NO[C@@H](CNC(=O)CCC(=O)c3ccc(C)s3)C2)cc1. The highest BCUT2D eigenvalue weighted by molar-refractivity contribution is 7.14. The van der Waals surface area contributed by atoms with E-state index in [1.807, 2.05) is 50.2 Å². The minimum atomic E-state index is -0.161. The van der Waals surface area contributed by atoms with Gasteiger partial charge in [-0.1, -0.05) is 35.0 Å². The molecule has 0 saturated heterocycles. The van der Waals surface area contributed by atoms with Crippen LogP contribution in [0.4, 0.5) is 0 Å². The fraction of sp³-hybridized carbons (Fsp3) is 0.350. The molecule has 5 nitrogen and oxygen atoms in total. The second-order valence-electron chi connectivity index (χ2n) is 6.47. The predicted octanol–water partition coefficient (Wildman–Crippen LogP) is 3.64. The largest absolute Gasteiger partial charge is 0.390 e. The van der Waals surface area contributed by atoms with Gasteiger partial charge in [0.05, 0.1) is 17.1 Å². The Morgan fingerprint density at radius 3 is 2.62 bits per heavy atom. The average molecular weight is 370 g/mol. The summed E-state index contributed by atoms with van der Waals surface area (Å²) >= 11 is 1.46. The summed E-state index contributed by atoms with van der Waals surface area (Å²) in [5.41, 5.74) is 3.14. The van der Waals surface area contributed by atoms with Gasteiger partial charge in [0.1, 0.15) is 6.10 Å². The van der Waals surface area contributed by atoms with Gasteiger partial charge in [-0.25, -0.2) is 0 Å². The van der Waals surface area contributed by atoms with Crippen molar-refractivity contribution in [2.24, 2.45) is 5.16 Å². The zero-order chi connectivity index (χ0) is 18.5. The van der Waals surface area contributed by atoms with Crippen LogP contribution in [0.15, 0.2) is 41.6 Å². The molecule has 136 valence electrons. The summed E-state index contributed by atoms with van der Waals surface area (Å²) in [5.74, 6) is -0.126. The maximum absolute atomic E-state index is 12.0. The third-order valence-corrected chi connectivity index (χ3v) is 5.28.